The number of rotatable bonds is 3. The van der Waals surface area contributed by atoms with Crippen molar-refractivity contribution in [2.75, 3.05) is 24.7 Å². The Morgan fingerprint density at radius 2 is 2.35 bits per heavy atom. The Morgan fingerprint density at radius 3 is 3.20 bits per heavy atom. The lowest BCUT2D eigenvalue weighted by Gasteiger charge is -2.42. The van der Waals surface area contributed by atoms with Crippen LogP contribution in [-0.4, -0.2) is 42.9 Å². The molecule has 3 rings (SSSR count). The highest BCUT2D eigenvalue weighted by molar-refractivity contribution is 5.87. The van der Waals surface area contributed by atoms with Crippen molar-refractivity contribution in [3.63, 3.8) is 0 Å². The molecule has 2 atom stereocenters. The van der Waals surface area contributed by atoms with Gasteiger partial charge in [0.05, 0.1) is 25.4 Å². The van der Waals surface area contributed by atoms with Crippen LogP contribution in [0.1, 0.15) is 43.1 Å². The van der Waals surface area contributed by atoms with Crippen molar-refractivity contribution in [3.05, 3.63) is 12.0 Å². The number of ether oxygens (including phenoxy) is 2. The Bertz CT molecular complexity index is 471. The number of hydrogen-bond donors (Lipinski definition) is 0. The number of carbonyl (C=O) groups is 1. The van der Waals surface area contributed by atoms with E-state index in [9.17, 15) is 4.79 Å². The first kappa shape index (κ1) is 13.4. The third kappa shape index (κ3) is 2.52. The molecule has 20 heavy (non-hydrogen) atoms. The molecule has 1 aliphatic heterocycles. The van der Waals surface area contributed by atoms with Gasteiger partial charge in [0, 0.05) is 6.54 Å². The first-order valence-electron chi connectivity index (χ1n) is 7.30. The van der Waals surface area contributed by atoms with Crippen LogP contribution in [-0.2, 0) is 9.47 Å². The van der Waals surface area contributed by atoms with Crippen LogP contribution in [0, 0.1) is 0 Å². The molecular formula is C14H20N2O4. The fraction of sp³-hybridized carbons (Fsp3) is 0.714. The molecule has 0 radical (unpaired) electrons. The summed E-state index contributed by atoms with van der Waals surface area (Å²) in [5, 5.41) is 0. The van der Waals surface area contributed by atoms with E-state index in [1.165, 1.54) is 19.1 Å². The van der Waals surface area contributed by atoms with Crippen molar-refractivity contribution >= 4 is 12.0 Å². The second-order valence-corrected chi connectivity index (χ2v) is 5.19. The van der Waals surface area contributed by atoms with E-state index in [1.54, 1.807) is 6.92 Å². The van der Waals surface area contributed by atoms with E-state index in [0.717, 1.165) is 19.4 Å². The van der Waals surface area contributed by atoms with Gasteiger partial charge in [-0.2, -0.15) is 4.98 Å². The predicted molar refractivity (Wildman–Crippen MR) is 71.8 cm³/mol. The zero-order valence-electron chi connectivity index (χ0n) is 11.7. The summed E-state index contributed by atoms with van der Waals surface area (Å²) in [4.78, 5) is 18.0. The van der Waals surface area contributed by atoms with Gasteiger partial charge in [-0.15, -0.1) is 0 Å². The van der Waals surface area contributed by atoms with E-state index < -0.39 is 5.97 Å². The van der Waals surface area contributed by atoms with Gasteiger partial charge in [-0.3, -0.25) is 0 Å². The van der Waals surface area contributed by atoms with E-state index in [4.69, 9.17) is 13.9 Å². The fourth-order valence-electron chi connectivity index (χ4n) is 3.03. The van der Waals surface area contributed by atoms with Gasteiger partial charge in [0.2, 0.25) is 0 Å². The summed E-state index contributed by atoms with van der Waals surface area (Å²) in [7, 11) is 0. The van der Waals surface area contributed by atoms with Gasteiger partial charge in [0.1, 0.15) is 6.26 Å². The van der Waals surface area contributed by atoms with Crippen molar-refractivity contribution in [3.8, 4) is 0 Å². The Morgan fingerprint density at radius 1 is 1.50 bits per heavy atom. The van der Waals surface area contributed by atoms with Crippen LogP contribution in [0.25, 0.3) is 0 Å². The predicted octanol–water partition coefficient (Wildman–Crippen LogP) is 2.00. The van der Waals surface area contributed by atoms with Crippen molar-refractivity contribution in [2.45, 2.75) is 44.8 Å². The molecule has 110 valence electrons. The zero-order chi connectivity index (χ0) is 13.9. The Labute approximate surface area is 118 Å². The molecule has 2 heterocycles. The van der Waals surface area contributed by atoms with Crippen molar-refractivity contribution in [2.24, 2.45) is 0 Å². The van der Waals surface area contributed by atoms with Crippen LogP contribution in [0.15, 0.2) is 10.7 Å². The van der Waals surface area contributed by atoms with E-state index in [0.29, 0.717) is 25.3 Å². The second kappa shape index (κ2) is 5.83. The smallest absolute Gasteiger partial charge is 0.360 e. The lowest BCUT2D eigenvalue weighted by Crippen LogP contribution is -2.53. The number of oxazole rings is 1. The fourth-order valence-corrected chi connectivity index (χ4v) is 3.03. The van der Waals surface area contributed by atoms with E-state index in [-0.39, 0.29) is 11.8 Å². The van der Waals surface area contributed by atoms with Crippen LogP contribution in [0.2, 0.25) is 0 Å². The first-order chi connectivity index (χ1) is 9.79. The highest BCUT2D eigenvalue weighted by Crippen LogP contribution is 2.31. The van der Waals surface area contributed by atoms with Gasteiger partial charge in [0.15, 0.2) is 5.69 Å². The number of fused-ring (bicyclic) bond motifs is 1. The van der Waals surface area contributed by atoms with Crippen LogP contribution in [0.5, 0.6) is 0 Å². The Hall–Kier alpha value is -1.56. The minimum Gasteiger partial charge on any atom is -0.461 e. The summed E-state index contributed by atoms with van der Waals surface area (Å²) in [6.07, 6.45) is 6.23. The summed E-state index contributed by atoms with van der Waals surface area (Å²) in [6.45, 7) is 3.54. The molecule has 2 fully saturated rings. The molecule has 1 saturated carbocycles. The third-order valence-corrected chi connectivity index (χ3v) is 3.95. The number of aromatic nitrogens is 1. The van der Waals surface area contributed by atoms with Crippen LogP contribution in [0.3, 0.4) is 0 Å². The molecule has 1 aromatic rings. The molecule has 0 aromatic carbocycles. The average Bonchev–Trinajstić information content (AvgIpc) is 2.97. The van der Waals surface area contributed by atoms with Gasteiger partial charge in [-0.25, -0.2) is 4.79 Å². The highest BCUT2D eigenvalue weighted by atomic mass is 16.5. The number of nitrogens with zero attached hydrogens (tertiary/aromatic N) is 2. The maximum absolute atomic E-state index is 11.6. The summed E-state index contributed by atoms with van der Waals surface area (Å²) in [6, 6.07) is 0.819. The van der Waals surface area contributed by atoms with E-state index in [2.05, 4.69) is 9.88 Å². The molecule has 2 unspecified atom stereocenters. The molecule has 0 N–H and O–H groups in total. The van der Waals surface area contributed by atoms with E-state index in [1.807, 2.05) is 0 Å². The minimum atomic E-state index is -0.434. The maximum Gasteiger partial charge on any atom is 0.360 e. The van der Waals surface area contributed by atoms with Crippen molar-refractivity contribution < 1.29 is 18.7 Å². The maximum atomic E-state index is 11.6. The molecule has 1 saturated heterocycles. The average molecular weight is 280 g/mol. The molecule has 1 aliphatic carbocycles. The van der Waals surface area contributed by atoms with Crippen molar-refractivity contribution in [1.29, 1.82) is 0 Å². The normalized spacial score (nSPS) is 26.1. The largest absolute Gasteiger partial charge is 0.461 e. The van der Waals surface area contributed by atoms with Crippen LogP contribution >= 0.6 is 0 Å². The summed E-state index contributed by atoms with van der Waals surface area (Å²) < 4.78 is 16.2. The number of anilines is 1. The number of morpholine rings is 1. The molecule has 0 bridgehead atoms. The third-order valence-electron chi connectivity index (χ3n) is 3.95. The monoisotopic (exact) mass is 280 g/mol. The highest BCUT2D eigenvalue weighted by Gasteiger charge is 2.36. The quantitative estimate of drug-likeness (QED) is 0.789. The molecule has 2 aliphatic rings. The van der Waals surface area contributed by atoms with Gasteiger partial charge in [-0.1, -0.05) is 12.8 Å². The molecule has 6 nitrogen and oxygen atoms in total. The summed E-state index contributed by atoms with van der Waals surface area (Å²) in [5.74, 6) is -0.434. The first-order valence-corrected chi connectivity index (χ1v) is 7.30. The second-order valence-electron chi connectivity index (χ2n) is 5.19. The SMILES string of the molecule is CCOC(=O)c1coc(N2CCOC3CCCCC32)n1. The number of hydrogen-bond acceptors (Lipinski definition) is 6. The van der Waals surface area contributed by atoms with Crippen molar-refractivity contribution in [1.82, 2.24) is 4.98 Å². The van der Waals surface area contributed by atoms with Gasteiger partial charge < -0.3 is 18.8 Å². The summed E-state index contributed by atoms with van der Waals surface area (Å²) in [5.41, 5.74) is 0.237. The van der Waals surface area contributed by atoms with Crippen LogP contribution in [0.4, 0.5) is 6.01 Å². The summed E-state index contributed by atoms with van der Waals surface area (Å²) >= 11 is 0. The topological polar surface area (TPSA) is 64.8 Å². The lowest BCUT2D eigenvalue weighted by molar-refractivity contribution is -0.0106. The van der Waals surface area contributed by atoms with Gasteiger partial charge in [0.25, 0.3) is 6.01 Å². The molecule has 0 amide bonds. The number of esters is 1. The molecule has 0 spiro atoms. The molecule has 1 aromatic heterocycles. The van der Waals surface area contributed by atoms with Gasteiger partial charge >= 0.3 is 5.97 Å². The molecule has 6 heteroatoms. The number of carbonyl (C=O) groups excluding carboxylic acids is 1. The zero-order valence-corrected chi connectivity index (χ0v) is 11.7. The molecular weight excluding hydrogens is 260 g/mol. The lowest BCUT2D eigenvalue weighted by atomic mass is 9.90. The van der Waals surface area contributed by atoms with Gasteiger partial charge in [-0.05, 0) is 19.8 Å². The Kier molecular flexibility index (Phi) is 3.91. The standard InChI is InChI=1S/C14H20N2O4/c1-2-18-13(17)10-9-20-14(15-10)16-7-8-19-12-6-4-3-5-11(12)16/h9,11-12H,2-8H2,1H3. The Balaban J connectivity index is 1.76. The van der Waals surface area contributed by atoms with Crippen LogP contribution < -0.4 is 4.90 Å². The minimum absolute atomic E-state index is 0.237. The van der Waals surface area contributed by atoms with E-state index >= 15 is 0 Å².